The van der Waals surface area contributed by atoms with Crippen LogP contribution in [-0.4, -0.2) is 377 Å². The van der Waals surface area contributed by atoms with Gasteiger partial charge in [-0.1, -0.05) is 0 Å². The molecule has 0 saturated carbocycles. The Morgan fingerprint density at radius 1 is 0.314 bits per heavy atom. The van der Waals surface area contributed by atoms with Gasteiger partial charge in [0, 0.05) is 26.4 Å². The highest BCUT2D eigenvalue weighted by Gasteiger charge is 2.63. The van der Waals surface area contributed by atoms with E-state index < -0.39 is 304 Å². The van der Waals surface area contributed by atoms with E-state index in [2.05, 4.69) is 16.7 Å². The third-order valence-corrected chi connectivity index (χ3v) is 17.7. The smallest absolute Gasteiger partial charge is 0.397 e. The molecule has 0 aliphatic carbocycles. The Labute approximate surface area is 575 Å². The zero-order valence-electron chi connectivity index (χ0n) is 52.1. The summed E-state index contributed by atoms with van der Waals surface area (Å²) in [6.45, 7) is -1.40. The fraction of sp³-hybridized carbons (Fsp3) is 0.932. The number of carbonyl (C=O) groups is 3. The van der Waals surface area contributed by atoms with E-state index in [-0.39, 0.29) is 6.61 Å². The molecule has 58 heteroatoms. The van der Waals surface area contributed by atoms with Gasteiger partial charge in [0.1, 0.15) is 110 Å². The Bertz CT molecular complexity index is 3500. The summed E-state index contributed by atoms with van der Waals surface area (Å²) >= 11 is 0. The second kappa shape index (κ2) is 35.9. The first-order valence-electron chi connectivity index (χ1n) is 29.0. The zero-order valence-corrected chi connectivity index (χ0v) is 57.0. The van der Waals surface area contributed by atoms with Gasteiger partial charge in [0.2, 0.25) is 0 Å². The Balaban J connectivity index is 1.44. The first-order valence-corrected chi connectivity index (χ1v) is 37.2. The number of carboxylic acid groups (broad SMARTS) is 3. The lowest BCUT2D eigenvalue weighted by Gasteiger charge is -2.51. The van der Waals surface area contributed by atoms with E-state index in [1.165, 1.54) is 13.8 Å². The van der Waals surface area contributed by atoms with Crippen LogP contribution in [0.2, 0.25) is 0 Å². The maximum atomic E-state index is 13.5. The average molecular weight is 1630 g/mol. The van der Waals surface area contributed by atoms with Crippen molar-refractivity contribution in [3.05, 3.63) is 0 Å². The molecule has 0 aromatic heterocycles. The largest absolute Gasteiger partial charge is 0.479 e. The van der Waals surface area contributed by atoms with E-state index in [0.717, 1.165) is 13.8 Å². The summed E-state index contributed by atoms with van der Waals surface area (Å²) in [4.78, 5) is 39.3. The van der Waals surface area contributed by atoms with Crippen molar-refractivity contribution in [2.75, 3.05) is 46.2 Å². The molecule has 0 spiro atoms. The zero-order chi connectivity index (χ0) is 76.9. The van der Waals surface area contributed by atoms with Crippen molar-refractivity contribution >= 4 is 80.3 Å². The summed E-state index contributed by atoms with van der Waals surface area (Å²) in [5.41, 5.74) is 0. The summed E-state index contributed by atoms with van der Waals surface area (Å²) in [7, 11) is -35.3. The maximum absolute atomic E-state index is 13.5. The van der Waals surface area contributed by atoms with Crippen LogP contribution >= 0.6 is 0 Å². The number of hydrogen-bond acceptors (Lipinski definition) is 43. The van der Waals surface area contributed by atoms with E-state index >= 15 is 0 Å². The second-order valence-electron chi connectivity index (χ2n) is 21.6. The Hall–Kier alpha value is -3.25. The van der Waals surface area contributed by atoms with Crippen LogP contribution in [-0.2, 0) is 173 Å². The Kier molecular flexibility index (Phi) is 30.8. The quantitative estimate of drug-likeness (QED) is 0.0259. The molecule has 52 nitrogen and oxygen atoms in total. The van der Waals surface area contributed by atoms with Crippen LogP contribution in [0.5, 0.6) is 0 Å². The van der Waals surface area contributed by atoms with Crippen molar-refractivity contribution < 1.29 is 239 Å². The van der Waals surface area contributed by atoms with Gasteiger partial charge in [-0.15, -0.1) is 0 Å². The number of aliphatic carboxylic acids is 3. The fourth-order valence-corrected chi connectivity index (χ4v) is 14.1. The molecule has 596 valence electrons. The van der Waals surface area contributed by atoms with Gasteiger partial charge in [0.05, 0.1) is 19.8 Å². The van der Waals surface area contributed by atoms with Crippen LogP contribution in [0, 0.1) is 0 Å². The topological polar surface area (TPSA) is 774 Å². The van der Waals surface area contributed by atoms with Gasteiger partial charge in [0.25, 0.3) is 0 Å². The first kappa shape index (κ1) is 87.7. The summed E-state index contributed by atoms with van der Waals surface area (Å²) in [5.74, 6) is -6.68. The predicted molar refractivity (Wildman–Crippen MR) is 301 cm³/mol. The molecule has 16 N–H and O–H groups in total. The molecule has 0 bridgehead atoms. The molecule has 0 aromatic rings. The summed E-state index contributed by atoms with van der Waals surface area (Å²) in [6.07, 6.45) is -80.3. The molecular weight excluding hydrogens is 1550 g/mol. The minimum Gasteiger partial charge on any atom is -0.479 e. The minimum atomic E-state index is -6.12. The van der Waals surface area contributed by atoms with Gasteiger partial charge >= 0.3 is 80.3 Å². The van der Waals surface area contributed by atoms with E-state index in [9.17, 15) is 143 Å². The maximum Gasteiger partial charge on any atom is 0.397 e. The van der Waals surface area contributed by atoms with Gasteiger partial charge in [0.15, 0.2) is 74.4 Å². The van der Waals surface area contributed by atoms with Crippen molar-refractivity contribution in [2.24, 2.45) is 0 Å². The molecule has 0 radical (unpaired) electrons. The molecule has 6 aliphatic heterocycles. The summed E-state index contributed by atoms with van der Waals surface area (Å²) in [6, 6.07) is 0. The predicted octanol–water partition coefficient (Wildman–Crippen LogP) is -10.7. The van der Waals surface area contributed by atoms with Gasteiger partial charge in [-0.05, 0) is 27.7 Å². The molecule has 6 aliphatic rings. The molecule has 0 amide bonds. The van der Waals surface area contributed by atoms with Crippen LogP contribution < -0.4 is 0 Å². The molecule has 0 unspecified atom stereocenters. The van der Waals surface area contributed by atoms with Gasteiger partial charge in [-0.3, -0.25) is 27.3 Å². The molecule has 0 aromatic carbocycles. The van der Waals surface area contributed by atoms with Crippen LogP contribution in [0.1, 0.15) is 27.7 Å². The number of hydrogen-bond donors (Lipinski definition) is 16. The van der Waals surface area contributed by atoms with Crippen LogP contribution in [0.25, 0.3) is 0 Å². The molecule has 30 atom stereocenters. The van der Waals surface area contributed by atoms with Crippen molar-refractivity contribution in [1.29, 1.82) is 0 Å². The number of aliphatic hydroxyl groups excluding tert-OH is 7. The van der Waals surface area contributed by atoms with Crippen molar-refractivity contribution in [3.8, 4) is 0 Å². The Morgan fingerprint density at radius 3 is 0.892 bits per heavy atom. The summed E-state index contributed by atoms with van der Waals surface area (Å²) in [5, 5.41) is 110. The normalized spacial score (nSPS) is 40.0. The molecule has 6 saturated heterocycles. The minimum absolute atomic E-state index is 0.138. The third-order valence-electron chi connectivity index (χ3n) is 14.9. The highest BCUT2D eigenvalue weighted by atomic mass is 32.3. The molecule has 102 heavy (non-hydrogen) atoms. The Morgan fingerprint density at radius 2 is 0.588 bits per heavy atom. The standard InChI is InChI=1S/C44H72O52S6/c1-5-76-11-14-15(47)21(93-99(64,65)66)16(48)40(82-14)87-28-25(78-7-3)34(95-101(70,71)72)43(89-31(28)37(53)54)85-23-18(50)42(81-13(10-46)20(23)92-98(61,62)63)88-29-26(79-8-4)35(96-102(73,74)75)44(90-32(29)38(55)56)84-22-17(49)41(80-12(9-45)19(22)91-97(58,59)60)86-27-24(77-6-2)33(94-100(67,68)69)39(57)83-30(27)36(51)52/h12-35,39-50,57H,5-11H2,1-4H3,(H,51,52)(H,53,54)(H,55,56)(H,58,59,60)(H,61,62,63)(H,64,65,66)(H,67,68,69)(H,70,71,72)(H,73,74,75)/t12-,13-,14-,15-,16-,17-,18-,19-,20-,21+,22-,23-,24+,25+,26+,27+,28+,29+,30-,31-,32-,33-,34-,35-,39-,40+,41+,42+,43-,44-/m1/s1. The van der Waals surface area contributed by atoms with E-state index in [1.807, 2.05) is 0 Å². The average Bonchev–Trinajstić information content (AvgIpc) is 0.757. The van der Waals surface area contributed by atoms with E-state index in [1.54, 1.807) is 0 Å². The summed E-state index contributed by atoms with van der Waals surface area (Å²) < 4.78 is 318. The number of carboxylic acids is 3. The van der Waals surface area contributed by atoms with E-state index in [4.69, 9.17) is 79.4 Å². The lowest BCUT2D eigenvalue weighted by Crippen LogP contribution is -2.70. The van der Waals surface area contributed by atoms with Crippen molar-refractivity contribution in [3.63, 3.8) is 0 Å². The number of rotatable bonds is 36. The van der Waals surface area contributed by atoms with Crippen LogP contribution in [0.15, 0.2) is 0 Å². The van der Waals surface area contributed by atoms with Gasteiger partial charge in [-0.2, -0.15) is 50.5 Å². The van der Waals surface area contributed by atoms with Crippen molar-refractivity contribution in [1.82, 2.24) is 0 Å². The van der Waals surface area contributed by atoms with Crippen molar-refractivity contribution in [2.45, 2.75) is 212 Å². The van der Waals surface area contributed by atoms with Gasteiger partial charge in [-0.25, -0.2) is 39.5 Å². The van der Waals surface area contributed by atoms with Gasteiger partial charge < -0.3 is 122 Å². The molecule has 6 rings (SSSR count). The molecular formula is C44H72O52S6. The third kappa shape index (κ3) is 23.1. The highest BCUT2D eigenvalue weighted by Crippen LogP contribution is 2.42. The number of ether oxygens (including phenoxy) is 15. The highest BCUT2D eigenvalue weighted by molar-refractivity contribution is 7.82. The molecule has 6 heterocycles. The number of aliphatic hydroxyl groups is 7. The second-order valence-corrected chi connectivity index (χ2v) is 27.9. The molecule has 6 fully saturated rings. The first-order chi connectivity index (χ1) is 47.1. The fourth-order valence-electron chi connectivity index (χ4n) is 11.1. The lowest BCUT2D eigenvalue weighted by atomic mass is 9.94. The van der Waals surface area contributed by atoms with E-state index in [0.29, 0.717) is 0 Å². The van der Waals surface area contributed by atoms with Crippen LogP contribution in [0.4, 0.5) is 0 Å². The SMILES string of the molecule is CCOC[C@H]1O[C@@H](O[C@H]2[C@H](OCC)[C@@H](OS(=O)(=O)O)[C@H](O[C@@H]3[C@@H](O)[C@H](O[C@H]4[C@H](OCC)[C@@H](OS(=O)(=O)O)[C@H](O[C@@H]5[C@@H](O)[C@H](O[C@H]6[C@H](OCC)[C@@H](OS(=O)(=O)O)[C@H](O)O[C@H]6C(=O)O)O[C@H](CO)[C@H]5OS(=O)(=O)O)O[C@H]4C(=O)O)O[C@H](CO)[C@H]3OS(=O)(=O)O)O[C@H]2C(=O)O)[C@H](O)[C@@H](OS(=O)(=O)O)[C@@H]1O. The monoisotopic (exact) mass is 1620 g/mol. The lowest BCUT2D eigenvalue weighted by molar-refractivity contribution is -0.390. The van der Waals surface area contributed by atoms with Crippen LogP contribution in [0.3, 0.4) is 0 Å².